The summed E-state index contributed by atoms with van der Waals surface area (Å²) in [6.07, 6.45) is 0.268. The third-order valence-electron chi connectivity index (χ3n) is 1.63. The van der Waals surface area contributed by atoms with Gasteiger partial charge in [-0.1, -0.05) is 6.92 Å². The Kier molecular flexibility index (Phi) is 3.14. The molecule has 1 aromatic rings. The first-order chi connectivity index (χ1) is 6.06. The molecule has 0 heterocycles. The van der Waals surface area contributed by atoms with Gasteiger partial charge in [-0.2, -0.15) is 0 Å². The van der Waals surface area contributed by atoms with Gasteiger partial charge in [0.25, 0.3) is 0 Å². The fourth-order valence-corrected chi connectivity index (χ4v) is 1.46. The van der Waals surface area contributed by atoms with Gasteiger partial charge in [-0.05, 0) is 28.1 Å². The third kappa shape index (κ3) is 2.12. The summed E-state index contributed by atoms with van der Waals surface area (Å²) in [6.45, 7) is 1.66. The van der Waals surface area contributed by atoms with Crippen LogP contribution < -0.4 is 0 Å². The number of carbonyl (C=O) groups excluding carboxylic acids is 1. The van der Waals surface area contributed by atoms with Crippen molar-refractivity contribution >= 4 is 21.7 Å². The molecule has 0 aromatic heterocycles. The second-order valence-corrected chi connectivity index (χ2v) is 3.38. The predicted octanol–water partition coefficient (Wildman–Crippen LogP) is 3.32. The zero-order chi connectivity index (χ0) is 10.0. The van der Waals surface area contributed by atoms with Crippen molar-refractivity contribution in [3.05, 3.63) is 33.8 Å². The lowest BCUT2D eigenvalue weighted by Gasteiger charge is -2.02. The maximum atomic E-state index is 12.7. The molecule has 0 radical (unpaired) electrons. The third-order valence-corrected chi connectivity index (χ3v) is 2.29. The summed E-state index contributed by atoms with van der Waals surface area (Å²) in [5.74, 6) is -2.18. The molecule has 1 rings (SSSR count). The van der Waals surface area contributed by atoms with Crippen LogP contribution in [0.4, 0.5) is 8.78 Å². The van der Waals surface area contributed by atoms with Crippen LogP contribution >= 0.6 is 15.9 Å². The van der Waals surface area contributed by atoms with E-state index in [-0.39, 0.29) is 17.8 Å². The van der Waals surface area contributed by atoms with Crippen LogP contribution in [-0.4, -0.2) is 5.78 Å². The molecule has 0 atom stereocenters. The summed E-state index contributed by atoms with van der Waals surface area (Å²) in [6, 6.07) is 1.86. The molecule has 1 nitrogen and oxygen atoms in total. The highest BCUT2D eigenvalue weighted by atomic mass is 79.9. The van der Waals surface area contributed by atoms with E-state index in [9.17, 15) is 13.6 Å². The van der Waals surface area contributed by atoms with E-state index < -0.39 is 11.6 Å². The van der Waals surface area contributed by atoms with Crippen molar-refractivity contribution in [1.82, 2.24) is 0 Å². The molecule has 0 saturated carbocycles. The normalized spacial score (nSPS) is 10.2. The standard InChI is InChI=1S/C9H7BrF2O/c1-2-9(13)5-3-7(11)8(12)4-6(5)10/h3-4H,2H2,1H3. The van der Waals surface area contributed by atoms with E-state index in [2.05, 4.69) is 15.9 Å². The van der Waals surface area contributed by atoms with Gasteiger partial charge in [0, 0.05) is 16.5 Å². The first-order valence-electron chi connectivity index (χ1n) is 3.74. The predicted molar refractivity (Wildman–Crippen MR) is 48.7 cm³/mol. The molecule has 0 aliphatic carbocycles. The van der Waals surface area contributed by atoms with Gasteiger partial charge in [-0.3, -0.25) is 4.79 Å². The van der Waals surface area contributed by atoms with Crippen LogP contribution in [0.1, 0.15) is 23.7 Å². The van der Waals surface area contributed by atoms with Crippen molar-refractivity contribution in [2.75, 3.05) is 0 Å². The lowest BCUT2D eigenvalue weighted by atomic mass is 10.1. The van der Waals surface area contributed by atoms with Crippen molar-refractivity contribution < 1.29 is 13.6 Å². The minimum Gasteiger partial charge on any atom is -0.294 e. The van der Waals surface area contributed by atoms with Crippen LogP contribution in [0.2, 0.25) is 0 Å². The lowest BCUT2D eigenvalue weighted by Crippen LogP contribution is -2.00. The van der Waals surface area contributed by atoms with Crippen molar-refractivity contribution in [3.63, 3.8) is 0 Å². The van der Waals surface area contributed by atoms with E-state index in [1.165, 1.54) is 0 Å². The van der Waals surface area contributed by atoms with Crippen LogP contribution in [0.5, 0.6) is 0 Å². The molecular formula is C9H7BrF2O. The van der Waals surface area contributed by atoms with Gasteiger partial charge >= 0.3 is 0 Å². The highest BCUT2D eigenvalue weighted by Crippen LogP contribution is 2.21. The minimum absolute atomic E-state index is 0.182. The Hall–Kier alpha value is -0.770. The molecule has 0 amide bonds. The topological polar surface area (TPSA) is 17.1 Å². The summed E-state index contributed by atoms with van der Waals surface area (Å²) < 4.78 is 25.6. The molecule has 0 bridgehead atoms. The quantitative estimate of drug-likeness (QED) is 0.580. The summed E-state index contributed by atoms with van der Waals surface area (Å²) in [4.78, 5) is 11.2. The van der Waals surface area contributed by atoms with Crippen molar-refractivity contribution in [2.24, 2.45) is 0 Å². The molecule has 0 aliphatic rings. The summed E-state index contributed by atoms with van der Waals surface area (Å²) in [5.41, 5.74) is 0.182. The molecular weight excluding hydrogens is 242 g/mol. The molecule has 4 heteroatoms. The first kappa shape index (κ1) is 10.3. The number of ketones is 1. The van der Waals surface area contributed by atoms with E-state index in [0.29, 0.717) is 4.47 Å². The van der Waals surface area contributed by atoms with Crippen molar-refractivity contribution in [1.29, 1.82) is 0 Å². The van der Waals surface area contributed by atoms with Crippen molar-refractivity contribution in [2.45, 2.75) is 13.3 Å². The zero-order valence-corrected chi connectivity index (χ0v) is 8.49. The Morgan fingerprint density at radius 2 is 1.92 bits per heavy atom. The highest BCUT2D eigenvalue weighted by Gasteiger charge is 2.12. The molecule has 0 aliphatic heterocycles. The maximum absolute atomic E-state index is 12.7. The average molecular weight is 249 g/mol. The fourth-order valence-electron chi connectivity index (χ4n) is 0.927. The van der Waals surface area contributed by atoms with E-state index in [4.69, 9.17) is 0 Å². The van der Waals surface area contributed by atoms with Crippen LogP contribution in [0.25, 0.3) is 0 Å². The number of hydrogen-bond donors (Lipinski definition) is 0. The molecule has 0 saturated heterocycles. The molecule has 0 fully saturated rings. The second kappa shape index (κ2) is 3.96. The first-order valence-corrected chi connectivity index (χ1v) is 4.53. The number of rotatable bonds is 2. The van der Waals surface area contributed by atoms with Gasteiger partial charge in [-0.25, -0.2) is 8.78 Å². The van der Waals surface area contributed by atoms with Gasteiger partial charge in [-0.15, -0.1) is 0 Å². The lowest BCUT2D eigenvalue weighted by molar-refractivity contribution is 0.0987. The van der Waals surface area contributed by atoms with E-state index >= 15 is 0 Å². The molecule has 0 unspecified atom stereocenters. The summed E-state index contributed by atoms with van der Waals surface area (Å²) in [7, 11) is 0. The van der Waals surface area contributed by atoms with Crippen LogP contribution in [0, 0.1) is 11.6 Å². The van der Waals surface area contributed by atoms with Gasteiger partial charge in [0.2, 0.25) is 0 Å². The fraction of sp³-hybridized carbons (Fsp3) is 0.222. The Bertz CT molecular complexity index is 350. The number of carbonyl (C=O) groups is 1. The number of halogens is 3. The summed E-state index contributed by atoms with van der Waals surface area (Å²) >= 11 is 3.00. The maximum Gasteiger partial charge on any atom is 0.163 e. The Morgan fingerprint density at radius 3 is 2.46 bits per heavy atom. The Morgan fingerprint density at radius 1 is 1.38 bits per heavy atom. The molecule has 0 N–H and O–H groups in total. The van der Waals surface area contributed by atoms with Gasteiger partial charge in [0.1, 0.15) is 0 Å². The Balaban J connectivity index is 3.23. The SMILES string of the molecule is CCC(=O)c1cc(F)c(F)cc1Br. The average Bonchev–Trinajstić information content (AvgIpc) is 2.10. The van der Waals surface area contributed by atoms with Crippen LogP contribution in [0.3, 0.4) is 0 Å². The monoisotopic (exact) mass is 248 g/mol. The highest BCUT2D eigenvalue weighted by molar-refractivity contribution is 9.10. The van der Waals surface area contributed by atoms with E-state index in [1.807, 2.05) is 0 Å². The largest absolute Gasteiger partial charge is 0.294 e. The number of Topliss-reactive ketones (excluding diaryl/α,β-unsaturated/α-hetero) is 1. The van der Waals surface area contributed by atoms with Gasteiger partial charge in [0.15, 0.2) is 17.4 Å². The summed E-state index contributed by atoms with van der Waals surface area (Å²) in [5, 5.41) is 0. The van der Waals surface area contributed by atoms with E-state index in [0.717, 1.165) is 12.1 Å². The Labute approximate surface area is 82.9 Å². The van der Waals surface area contributed by atoms with E-state index in [1.54, 1.807) is 6.92 Å². The second-order valence-electron chi connectivity index (χ2n) is 2.52. The molecule has 70 valence electrons. The van der Waals surface area contributed by atoms with Gasteiger partial charge in [0.05, 0.1) is 0 Å². The smallest absolute Gasteiger partial charge is 0.163 e. The molecule has 1 aromatic carbocycles. The molecule has 13 heavy (non-hydrogen) atoms. The number of hydrogen-bond acceptors (Lipinski definition) is 1. The van der Waals surface area contributed by atoms with Gasteiger partial charge < -0.3 is 0 Å². The molecule has 0 spiro atoms. The van der Waals surface area contributed by atoms with Crippen LogP contribution in [0.15, 0.2) is 16.6 Å². The van der Waals surface area contributed by atoms with Crippen LogP contribution in [-0.2, 0) is 0 Å². The van der Waals surface area contributed by atoms with Crippen molar-refractivity contribution in [3.8, 4) is 0 Å². The number of benzene rings is 1. The minimum atomic E-state index is -1.00. The zero-order valence-electron chi connectivity index (χ0n) is 6.90.